The second-order valence-electron chi connectivity index (χ2n) is 1.59. The second kappa shape index (κ2) is 3.30. The molecule has 1 aliphatic rings. The van der Waals surface area contributed by atoms with E-state index in [1.54, 1.807) is 10.1 Å². The van der Waals surface area contributed by atoms with Gasteiger partial charge in [-0.3, -0.25) is 0 Å². The molecule has 0 bridgehead atoms. The minimum Gasteiger partial charge on any atom is -0.478 e. The third kappa shape index (κ3) is 1.67. The zero-order valence-electron chi connectivity index (χ0n) is 4.84. The molecule has 1 aliphatic heterocycles. The van der Waals surface area contributed by atoms with Crippen molar-refractivity contribution in [1.82, 2.24) is 0 Å². The Morgan fingerprint density at radius 3 is 2.80 bits per heavy atom. The van der Waals surface area contributed by atoms with Gasteiger partial charge in [0.15, 0.2) is 0 Å². The van der Waals surface area contributed by atoms with Crippen LogP contribution in [0.3, 0.4) is 0 Å². The largest absolute Gasteiger partial charge is 0.478 e. The van der Waals surface area contributed by atoms with Crippen molar-refractivity contribution in [2.24, 2.45) is 0 Å². The van der Waals surface area contributed by atoms with E-state index in [0.717, 1.165) is 0 Å². The Labute approximate surface area is 72.9 Å². The maximum atomic E-state index is 10.4. The van der Waals surface area contributed by atoms with Crippen LogP contribution in [0.2, 0.25) is 0 Å². The maximum absolute atomic E-state index is 10.4. The predicted octanol–water partition coefficient (Wildman–Crippen LogP) is 1.86. The van der Waals surface area contributed by atoms with Gasteiger partial charge < -0.3 is 5.11 Å². The van der Waals surface area contributed by atoms with Gasteiger partial charge in [-0.05, 0) is 14.2 Å². The molecule has 1 rings (SSSR count). The molecule has 1 heterocycles. The third-order valence-electron chi connectivity index (χ3n) is 0.949. The van der Waals surface area contributed by atoms with Gasteiger partial charge in [-0.1, -0.05) is 32.3 Å². The topological polar surface area (TPSA) is 37.3 Å². The molecule has 54 valence electrons. The van der Waals surface area contributed by atoms with Crippen LogP contribution in [-0.4, -0.2) is 15.1 Å². The molecule has 0 amide bonds. The molecule has 4 heteroatoms. The van der Waals surface area contributed by atoms with E-state index >= 15 is 0 Å². The Morgan fingerprint density at radius 1 is 1.70 bits per heavy atom. The molecule has 0 saturated heterocycles. The minimum atomic E-state index is -0.957. The molecule has 0 aliphatic carbocycles. The summed E-state index contributed by atoms with van der Waals surface area (Å²) in [7, 11) is 0. The first-order valence-corrected chi connectivity index (χ1v) is 5.33. The van der Waals surface area contributed by atoms with Crippen LogP contribution in [0.4, 0.5) is 0 Å². The number of hydrogen-bond donors (Lipinski definition) is 1. The van der Waals surface area contributed by atoms with E-state index in [4.69, 9.17) is 16.7 Å². The van der Waals surface area contributed by atoms with Gasteiger partial charge in [0, 0.05) is 0 Å². The van der Waals surface area contributed by atoms with Crippen LogP contribution < -0.4 is 0 Å². The molecular formula is C6H4ClIO2. The highest BCUT2D eigenvalue weighted by Gasteiger charge is 2.08. The molecule has 0 atom stereocenters. The normalized spacial score (nSPS) is 16.9. The number of halogens is 2. The molecule has 0 aromatic heterocycles. The van der Waals surface area contributed by atoms with Crippen LogP contribution in [0.1, 0.15) is 0 Å². The van der Waals surface area contributed by atoms with Crippen molar-refractivity contribution in [2.75, 3.05) is 0 Å². The second-order valence-corrected chi connectivity index (χ2v) is 4.06. The van der Waals surface area contributed by atoms with Crippen molar-refractivity contribution in [2.45, 2.75) is 0 Å². The summed E-state index contributed by atoms with van der Waals surface area (Å²) in [6.07, 6.45) is 1.57. The van der Waals surface area contributed by atoms with Crippen LogP contribution in [0.25, 0.3) is 0 Å². The average molecular weight is 270 g/mol. The Morgan fingerprint density at radius 2 is 2.40 bits per heavy atom. The molecule has 2 nitrogen and oxygen atoms in total. The SMILES string of the molecule is O=C(O)C1=C(Cl)C=IC=C1. The Hall–Kier alpha value is -0.160. The van der Waals surface area contributed by atoms with Crippen LogP contribution in [0.5, 0.6) is 0 Å². The van der Waals surface area contributed by atoms with Crippen LogP contribution >= 0.6 is 32.3 Å². The first-order chi connectivity index (χ1) is 4.72. The molecule has 0 saturated carbocycles. The maximum Gasteiger partial charge on any atom is 0.337 e. The van der Waals surface area contributed by atoms with Gasteiger partial charge in [-0.15, -0.1) is 0 Å². The summed E-state index contributed by atoms with van der Waals surface area (Å²) < 4.78 is 3.65. The summed E-state index contributed by atoms with van der Waals surface area (Å²) in [4.78, 5) is 10.4. The fourth-order valence-corrected chi connectivity index (χ4v) is 2.39. The lowest BCUT2D eigenvalue weighted by Crippen LogP contribution is -2.00. The van der Waals surface area contributed by atoms with Crippen molar-refractivity contribution < 1.29 is 9.90 Å². The predicted molar refractivity (Wildman–Crippen MR) is 49.7 cm³/mol. The molecule has 0 radical (unpaired) electrons. The number of allylic oxidation sites excluding steroid dienone is 1. The van der Waals surface area contributed by atoms with Crippen molar-refractivity contribution in [1.29, 1.82) is 0 Å². The van der Waals surface area contributed by atoms with Crippen molar-refractivity contribution in [3.05, 3.63) is 20.8 Å². The number of carboxylic acids is 1. The Balaban J connectivity index is 3.04. The molecule has 10 heavy (non-hydrogen) atoms. The van der Waals surface area contributed by atoms with Crippen molar-refractivity contribution >= 4 is 42.3 Å². The summed E-state index contributed by atoms with van der Waals surface area (Å²) in [5.41, 5.74) is 0.201. The monoisotopic (exact) mass is 270 g/mol. The number of aliphatic carboxylic acids is 1. The minimum absolute atomic E-state index is 0.137. The van der Waals surface area contributed by atoms with E-state index in [-0.39, 0.29) is 26.3 Å². The summed E-state index contributed by atoms with van der Waals surface area (Å²) in [6, 6.07) is 0. The van der Waals surface area contributed by atoms with E-state index in [1.807, 2.05) is 4.08 Å². The fourth-order valence-electron chi connectivity index (χ4n) is 0.503. The van der Waals surface area contributed by atoms with Crippen LogP contribution in [0.15, 0.2) is 20.8 Å². The van der Waals surface area contributed by atoms with Gasteiger partial charge in [-0.2, -0.15) is 0 Å². The lowest BCUT2D eigenvalue weighted by atomic mass is 10.2. The van der Waals surface area contributed by atoms with Crippen molar-refractivity contribution in [3.8, 4) is 0 Å². The van der Waals surface area contributed by atoms with Gasteiger partial charge in [0.1, 0.15) is 0 Å². The molecule has 0 fully saturated rings. The molecule has 0 aromatic rings. The highest BCUT2D eigenvalue weighted by Crippen LogP contribution is 2.18. The summed E-state index contributed by atoms with van der Waals surface area (Å²) in [6.45, 7) is 0. The third-order valence-corrected chi connectivity index (χ3v) is 3.39. The zero-order chi connectivity index (χ0) is 7.56. The lowest BCUT2D eigenvalue weighted by Gasteiger charge is -1.98. The van der Waals surface area contributed by atoms with E-state index in [9.17, 15) is 4.79 Å². The van der Waals surface area contributed by atoms with Crippen LogP contribution in [-0.2, 0) is 4.79 Å². The summed E-state index contributed by atoms with van der Waals surface area (Å²) in [5, 5.41) is 8.88. The fraction of sp³-hybridized carbons (Fsp3) is 0. The number of rotatable bonds is 1. The van der Waals surface area contributed by atoms with Gasteiger partial charge in [-0.25, -0.2) is 4.79 Å². The van der Waals surface area contributed by atoms with E-state index in [0.29, 0.717) is 5.03 Å². The average Bonchev–Trinajstić information content (AvgIpc) is 1.88. The van der Waals surface area contributed by atoms with Gasteiger partial charge in [0.25, 0.3) is 0 Å². The zero-order valence-corrected chi connectivity index (χ0v) is 7.76. The summed E-state index contributed by atoms with van der Waals surface area (Å²) >= 11 is 5.46. The molecule has 0 spiro atoms. The first kappa shape index (κ1) is 7.94. The van der Waals surface area contributed by atoms with Gasteiger partial charge in [0.2, 0.25) is 0 Å². The number of hydrogen-bond acceptors (Lipinski definition) is 1. The van der Waals surface area contributed by atoms with E-state index in [2.05, 4.69) is 0 Å². The van der Waals surface area contributed by atoms with Gasteiger partial charge >= 0.3 is 5.97 Å². The molecule has 0 unspecified atom stereocenters. The van der Waals surface area contributed by atoms with Crippen molar-refractivity contribution in [3.63, 3.8) is 0 Å². The molecular weight excluding hydrogens is 266 g/mol. The lowest BCUT2D eigenvalue weighted by molar-refractivity contribution is -0.132. The smallest absolute Gasteiger partial charge is 0.337 e. The molecule has 1 N–H and O–H groups in total. The Bertz CT molecular complexity index is 252. The number of carbonyl (C=O) groups is 1. The first-order valence-electron chi connectivity index (χ1n) is 2.46. The van der Waals surface area contributed by atoms with E-state index in [1.165, 1.54) is 0 Å². The summed E-state index contributed by atoms with van der Waals surface area (Å²) in [5.74, 6) is -0.957. The van der Waals surface area contributed by atoms with E-state index < -0.39 is 5.97 Å². The van der Waals surface area contributed by atoms with Crippen LogP contribution in [0, 0.1) is 0 Å². The standard InChI is InChI=1S/C6H4ClIO2/c7-5-3-8-2-1-4(5)6(9)10/h1-3H,(H,9,10). The highest BCUT2D eigenvalue weighted by molar-refractivity contribution is 14.2. The molecule has 0 aromatic carbocycles. The number of carboxylic acid groups (broad SMARTS) is 1. The van der Waals surface area contributed by atoms with Gasteiger partial charge in [0.05, 0.1) is 10.6 Å². The Kier molecular flexibility index (Phi) is 2.62. The highest BCUT2D eigenvalue weighted by atomic mass is 127. The quantitative estimate of drug-likeness (QED) is 0.739.